The summed E-state index contributed by atoms with van der Waals surface area (Å²) in [7, 11) is 0. The molecule has 0 aliphatic heterocycles. The van der Waals surface area contributed by atoms with E-state index in [1.54, 1.807) is 0 Å². The fourth-order valence-corrected chi connectivity index (χ4v) is 5.93. The molecule has 0 spiro atoms. The van der Waals surface area contributed by atoms with Crippen molar-refractivity contribution in [3.63, 3.8) is 0 Å². The largest absolute Gasteiger partial charge is 0.299 e. The van der Waals surface area contributed by atoms with Crippen molar-refractivity contribution in [1.82, 2.24) is 0 Å². The van der Waals surface area contributed by atoms with Crippen LogP contribution in [-0.2, 0) is 9.59 Å². The van der Waals surface area contributed by atoms with E-state index in [2.05, 4.69) is 34.3 Å². The van der Waals surface area contributed by atoms with Gasteiger partial charge in [-0.15, -0.1) is 0 Å². The number of Topliss-reactive ketones (excluding diaryl/α,β-unsaturated/α-hetero) is 1. The summed E-state index contributed by atoms with van der Waals surface area (Å²) in [5.74, 6) is 1.88. The van der Waals surface area contributed by atoms with E-state index in [-0.39, 0.29) is 22.5 Å². The fraction of sp³-hybridized carbons (Fsp3) is 0.700. The number of rotatable bonds is 1. The summed E-state index contributed by atoms with van der Waals surface area (Å²) in [5.41, 5.74) is 0.776. The smallest absolute Gasteiger partial charge is 0.159 e. The molecule has 0 aromatic carbocycles. The lowest BCUT2D eigenvalue weighted by Gasteiger charge is -2.59. The van der Waals surface area contributed by atoms with Gasteiger partial charge in [0.15, 0.2) is 5.78 Å². The van der Waals surface area contributed by atoms with E-state index >= 15 is 0 Å². The molecule has 3 aliphatic rings. The van der Waals surface area contributed by atoms with E-state index in [1.165, 1.54) is 0 Å². The molecule has 2 nitrogen and oxygen atoms in total. The van der Waals surface area contributed by atoms with Crippen LogP contribution >= 0.6 is 0 Å². The van der Waals surface area contributed by atoms with Gasteiger partial charge in [-0.25, -0.2) is 0 Å². The summed E-state index contributed by atoms with van der Waals surface area (Å²) in [6.07, 6.45) is 7.30. The zero-order valence-corrected chi connectivity index (χ0v) is 14.3. The second kappa shape index (κ2) is 4.91. The molecule has 5 atom stereocenters. The number of carbonyl (C=O) groups excluding carboxylic acids is 2. The van der Waals surface area contributed by atoms with Gasteiger partial charge < -0.3 is 0 Å². The van der Waals surface area contributed by atoms with E-state index in [0.717, 1.165) is 24.8 Å². The monoisotopic (exact) mass is 300 g/mol. The lowest BCUT2D eigenvalue weighted by molar-refractivity contribution is -0.159. The van der Waals surface area contributed by atoms with Gasteiger partial charge in [-0.1, -0.05) is 40.3 Å². The zero-order valence-electron chi connectivity index (χ0n) is 14.3. The van der Waals surface area contributed by atoms with E-state index < -0.39 is 0 Å². The van der Waals surface area contributed by atoms with Crippen LogP contribution in [0.3, 0.4) is 0 Å². The van der Waals surface area contributed by atoms with Gasteiger partial charge in [0, 0.05) is 17.8 Å². The molecule has 0 aromatic rings. The Hall–Kier alpha value is -1.18. The third-order valence-electron chi connectivity index (χ3n) is 7.22. The van der Waals surface area contributed by atoms with Crippen molar-refractivity contribution in [3.8, 4) is 0 Å². The van der Waals surface area contributed by atoms with Crippen LogP contribution < -0.4 is 0 Å². The first-order chi connectivity index (χ1) is 10.2. The van der Waals surface area contributed by atoms with Crippen LogP contribution in [-0.4, -0.2) is 11.6 Å². The molecular formula is C20H28O2. The van der Waals surface area contributed by atoms with Gasteiger partial charge in [0.25, 0.3) is 0 Å². The Kier molecular flexibility index (Phi) is 3.50. The molecule has 0 saturated heterocycles. The first-order valence-corrected chi connectivity index (χ1v) is 8.64. The van der Waals surface area contributed by atoms with Crippen LogP contribution in [0.5, 0.6) is 0 Å². The van der Waals surface area contributed by atoms with Crippen molar-refractivity contribution in [3.05, 3.63) is 24.3 Å². The molecule has 0 bridgehead atoms. The SMILES string of the molecule is C=CC1=CC(=O)[C@@H]2[C@H](CC[C@@H]3C(C)(C)C(=O)CC[C@@]23C)[C@@H]1C. The van der Waals surface area contributed by atoms with Gasteiger partial charge in [-0.05, 0) is 54.1 Å². The second-order valence-electron chi connectivity index (χ2n) is 8.46. The van der Waals surface area contributed by atoms with Crippen molar-refractivity contribution < 1.29 is 9.59 Å². The predicted molar refractivity (Wildman–Crippen MR) is 88.3 cm³/mol. The molecule has 0 unspecified atom stereocenters. The summed E-state index contributed by atoms with van der Waals surface area (Å²) in [4.78, 5) is 25.3. The third kappa shape index (κ3) is 1.92. The molecular weight excluding hydrogens is 272 g/mol. The minimum absolute atomic E-state index is 0.0329. The summed E-state index contributed by atoms with van der Waals surface area (Å²) in [6, 6.07) is 0. The summed E-state index contributed by atoms with van der Waals surface area (Å²) < 4.78 is 0. The maximum absolute atomic E-state index is 12.9. The highest BCUT2D eigenvalue weighted by Crippen LogP contribution is 2.62. The van der Waals surface area contributed by atoms with Gasteiger partial charge >= 0.3 is 0 Å². The average molecular weight is 300 g/mol. The molecule has 22 heavy (non-hydrogen) atoms. The van der Waals surface area contributed by atoms with Gasteiger partial charge in [0.05, 0.1) is 0 Å². The van der Waals surface area contributed by atoms with Crippen molar-refractivity contribution >= 4 is 11.6 Å². The Bertz CT molecular complexity index is 568. The number of allylic oxidation sites excluding steroid dienone is 3. The molecule has 3 rings (SSSR count). The summed E-state index contributed by atoms with van der Waals surface area (Å²) in [5, 5.41) is 0. The van der Waals surface area contributed by atoms with Crippen LogP contribution in [0.4, 0.5) is 0 Å². The fourth-order valence-electron chi connectivity index (χ4n) is 5.93. The maximum atomic E-state index is 12.9. The van der Waals surface area contributed by atoms with Crippen LogP contribution in [0.25, 0.3) is 0 Å². The van der Waals surface area contributed by atoms with Crippen molar-refractivity contribution in [2.75, 3.05) is 0 Å². The van der Waals surface area contributed by atoms with Gasteiger partial charge in [-0.2, -0.15) is 0 Å². The predicted octanol–water partition coefficient (Wildman–Crippen LogP) is 4.36. The van der Waals surface area contributed by atoms with E-state index in [9.17, 15) is 9.59 Å². The summed E-state index contributed by atoms with van der Waals surface area (Å²) in [6.45, 7) is 12.6. The highest BCUT2D eigenvalue weighted by molar-refractivity contribution is 5.95. The van der Waals surface area contributed by atoms with Gasteiger partial charge in [0.2, 0.25) is 0 Å². The zero-order chi connectivity index (χ0) is 16.3. The van der Waals surface area contributed by atoms with Crippen LogP contribution in [0.1, 0.15) is 53.4 Å². The molecule has 2 heteroatoms. The highest BCUT2D eigenvalue weighted by atomic mass is 16.1. The second-order valence-corrected chi connectivity index (χ2v) is 8.46. The Labute approximate surface area is 134 Å². The average Bonchev–Trinajstić information content (AvgIpc) is 2.46. The molecule has 2 fully saturated rings. The third-order valence-corrected chi connectivity index (χ3v) is 7.22. The standard InChI is InChI=1S/C20H28O2/c1-6-13-11-15(21)18-14(12(13)2)7-8-16-19(3,4)17(22)9-10-20(16,18)5/h6,11-12,14,16,18H,1,7-10H2,2-5H3/t12-,14-,16-,18+,20-/m1/s1. The topological polar surface area (TPSA) is 34.1 Å². The summed E-state index contributed by atoms with van der Waals surface area (Å²) >= 11 is 0. The Balaban J connectivity index is 2.06. The van der Waals surface area contributed by atoms with Crippen LogP contribution in [0, 0.1) is 34.5 Å². The van der Waals surface area contributed by atoms with E-state index in [0.29, 0.717) is 30.0 Å². The minimum Gasteiger partial charge on any atom is -0.299 e. The van der Waals surface area contributed by atoms with Crippen LogP contribution in [0.15, 0.2) is 24.3 Å². The first-order valence-electron chi connectivity index (χ1n) is 8.64. The minimum atomic E-state index is -0.288. The van der Waals surface area contributed by atoms with E-state index in [4.69, 9.17) is 0 Å². The van der Waals surface area contributed by atoms with Crippen molar-refractivity contribution in [1.29, 1.82) is 0 Å². The number of carbonyl (C=O) groups is 2. The molecule has 0 aromatic heterocycles. The molecule has 0 N–H and O–H groups in total. The lowest BCUT2D eigenvalue weighted by Crippen LogP contribution is -2.58. The number of ketones is 2. The molecule has 0 heterocycles. The molecule has 0 amide bonds. The van der Waals surface area contributed by atoms with Gasteiger partial charge in [0.1, 0.15) is 5.78 Å². The first kappa shape index (κ1) is 15.7. The number of hydrogen-bond donors (Lipinski definition) is 0. The normalized spacial score (nSPS) is 43.9. The number of hydrogen-bond acceptors (Lipinski definition) is 2. The van der Waals surface area contributed by atoms with Crippen LogP contribution in [0.2, 0.25) is 0 Å². The van der Waals surface area contributed by atoms with Crippen molar-refractivity contribution in [2.45, 2.75) is 53.4 Å². The molecule has 2 saturated carbocycles. The maximum Gasteiger partial charge on any atom is 0.159 e. The lowest BCUT2D eigenvalue weighted by atomic mass is 9.43. The van der Waals surface area contributed by atoms with Gasteiger partial charge in [-0.3, -0.25) is 9.59 Å². The van der Waals surface area contributed by atoms with E-state index in [1.807, 2.05) is 12.2 Å². The Morgan fingerprint density at radius 2 is 1.91 bits per heavy atom. The number of fused-ring (bicyclic) bond motifs is 3. The molecule has 0 radical (unpaired) electrons. The molecule has 120 valence electrons. The Morgan fingerprint density at radius 1 is 1.23 bits per heavy atom. The Morgan fingerprint density at radius 3 is 2.55 bits per heavy atom. The molecule has 3 aliphatic carbocycles. The quantitative estimate of drug-likeness (QED) is 0.721. The van der Waals surface area contributed by atoms with Crippen molar-refractivity contribution in [2.24, 2.45) is 34.5 Å². The highest BCUT2D eigenvalue weighted by Gasteiger charge is 2.60.